The van der Waals surface area contributed by atoms with Crippen LogP contribution in [0.2, 0.25) is 0 Å². The van der Waals surface area contributed by atoms with Crippen LogP contribution in [0, 0.1) is 0 Å². The maximum absolute atomic E-state index is 13.1. The Labute approximate surface area is 224 Å². The second kappa shape index (κ2) is 10.7. The number of fused-ring (bicyclic) bond motifs is 6. The van der Waals surface area contributed by atoms with E-state index in [2.05, 4.69) is 0 Å². The molecule has 4 rings (SSSR count). The summed E-state index contributed by atoms with van der Waals surface area (Å²) >= 11 is 0. The lowest BCUT2D eigenvalue weighted by Gasteiger charge is -2.25. The van der Waals surface area contributed by atoms with Gasteiger partial charge in [0.15, 0.2) is 0 Å². The Kier molecular flexibility index (Phi) is 7.67. The van der Waals surface area contributed by atoms with Crippen LogP contribution in [0.5, 0.6) is 0 Å². The van der Waals surface area contributed by atoms with Crippen molar-refractivity contribution in [1.29, 1.82) is 0 Å². The monoisotopic (exact) mass is 546 g/mol. The van der Waals surface area contributed by atoms with Gasteiger partial charge in [-0.25, -0.2) is 0 Å². The quantitative estimate of drug-likeness (QED) is 0.374. The van der Waals surface area contributed by atoms with Crippen molar-refractivity contribution in [3.8, 4) is 0 Å². The third kappa shape index (κ3) is 4.12. The van der Waals surface area contributed by atoms with Crippen molar-refractivity contribution in [2.24, 2.45) is 0 Å². The molecular formula is C27H30O12. The molecule has 0 aliphatic heterocycles. The van der Waals surface area contributed by atoms with Crippen LogP contribution in [0.3, 0.4) is 0 Å². The van der Waals surface area contributed by atoms with Gasteiger partial charge in [0.05, 0.1) is 78.2 Å². The van der Waals surface area contributed by atoms with Gasteiger partial charge in [0, 0.05) is 0 Å². The maximum atomic E-state index is 13.1. The van der Waals surface area contributed by atoms with Gasteiger partial charge < -0.3 is 28.4 Å². The highest BCUT2D eigenvalue weighted by molar-refractivity contribution is 5.97. The summed E-state index contributed by atoms with van der Waals surface area (Å²) in [7, 11) is 7.17. The summed E-state index contributed by atoms with van der Waals surface area (Å²) in [4.78, 5) is 78.6. The number of benzene rings is 1. The molecular weight excluding hydrogens is 516 g/mol. The largest absolute Gasteiger partial charge is 0.469 e. The molecule has 0 radical (unpaired) electrons. The number of carbonyl (C=O) groups is 6. The molecule has 1 aromatic carbocycles. The van der Waals surface area contributed by atoms with E-state index in [-0.39, 0.29) is 19.3 Å². The first-order valence-electron chi connectivity index (χ1n) is 12.3. The zero-order chi connectivity index (χ0) is 28.8. The Morgan fingerprint density at radius 3 is 0.590 bits per heavy atom. The fourth-order valence-electron chi connectivity index (χ4n) is 6.68. The van der Waals surface area contributed by atoms with Gasteiger partial charge in [-0.15, -0.1) is 0 Å². The van der Waals surface area contributed by atoms with Crippen LogP contribution >= 0.6 is 0 Å². The Hall–Kier alpha value is -3.96. The van der Waals surface area contributed by atoms with Crippen LogP contribution in [0.4, 0.5) is 0 Å². The van der Waals surface area contributed by atoms with E-state index in [1.54, 1.807) is 0 Å². The molecule has 0 fully saturated rings. The summed E-state index contributed by atoms with van der Waals surface area (Å²) in [6, 6.07) is 0. The van der Waals surface area contributed by atoms with Crippen LogP contribution in [-0.2, 0) is 57.2 Å². The lowest BCUT2D eigenvalue weighted by Crippen LogP contribution is -2.21. The molecule has 1 aromatic rings. The molecule has 0 saturated carbocycles. The fourth-order valence-corrected chi connectivity index (χ4v) is 6.68. The Bertz CT molecular complexity index is 999. The molecule has 0 N–H and O–H groups in total. The zero-order valence-corrected chi connectivity index (χ0v) is 22.5. The summed E-state index contributed by atoms with van der Waals surface area (Å²) in [5.74, 6) is -10.2. The molecule has 6 atom stereocenters. The molecule has 0 spiro atoms. The highest BCUT2D eigenvalue weighted by Crippen LogP contribution is 2.61. The SMILES string of the molecule is COC(=O)[C@H]1C[C@@H](C(=O)OC)c2c1c1c(c3c2[C@@H](C(=O)OC)C[C@H]3C(=O)OC)[C@H](C(=O)OC)C[C@@H]1C(=O)OC. The summed E-state index contributed by atoms with van der Waals surface area (Å²) in [6.45, 7) is 0. The van der Waals surface area contributed by atoms with Gasteiger partial charge in [0.2, 0.25) is 0 Å². The van der Waals surface area contributed by atoms with E-state index in [0.717, 1.165) is 0 Å². The molecule has 0 bridgehead atoms. The first-order valence-corrected chi connectivity index (χ1v) is 12.3. The number of hydrogen-bond acceptors (Lipinski definition) is 12. The molecule has 0 amide bonds. The second-order valence-electron chi connectivity index (χ2n) is 9.64. The highest BCUT2D eigenvalue weighted by atomic mass is 16.5. The van der Waals surface area contributed by atoms with Crippen LogP contribution in [0.15, 0.2) is 0 Å². The van der Waals surface area contributed by atoms with Crippen molar-refractivity contribution in [1.82, 2.24) is 0 Å². The minimum absolute atomic E-state index is 0.0643. The highest BCUT2D eigenvalue weighted by Gasteiger charge is 2.56. The van der Waals surface area contributed by atoms with E-state index < -0.39 is 71.3 Å². The Balaban J connectivity index is 2.23. The zero-order valence-electron chi connectivity index (χ0n) is 22.5. The predicted octanol–water partition coefficient (Wildman–Crippen LogP) is 1.44. The van der Waals surface area contributed by atoms with Gasteiger partial charge >= 0.3 is 35.8 Å². The molecule has 0 heterocycles. The van der Waals surface area contributed by atoms with Gasteiger partial charge in [-0.2, -0.15) is 0 Å². The molecule has 12 nitrogen and oxygen atoms in total. The number of carbonyl (C=O) groups excluding carboxylic acids is 6. The topological polar surface area (TPSA) is 158 Å². The minimum Gasteiger partial charge on any atom is -0.469 e. The Morgan fingerprint density at radius 2 is 0.487 bits per heavy atom. The predicted molar refractivity (Wildman–Crippen MR) is 129 cm³/mol. The normalized spacial score (nSPS) is 26.0. The van der Waals surface area contributed by atoms with Gasteiger partial charge in [-0.05, 0) is 52.6 Å². The average Bonchev–Trinajstić information content (AvgIpc) is 3.66. The fraction of sp³-hybridized carbons (Fsp3) is 0.556. The first kappa shape index (κ1) is 28.1. The van der Waals surface area contributed by atoms with E-state index in [1.807, 2.05) is 0 Å². The molecule has 0 saturated heterocycles. The van der Waals surface area contributed by atoms with E-state index in [9.17, 15) is 28.8 Å². The van der Waals surface area contributed by atoms with Gasteiger partial charge in [-0.3, -0.25) is 28.8 Å². The van der Waals surface area contributed by atoms with E-state index >= 15 is 0 Å². The van der Waals surface area contributed by atoms with E-state index in [4.69, 9.17) is 28.4 Å². The molecule has 210 valence electrons. The van der Waals surface area contributed by atoms with Crippen molar-refractivity contribution in [3.05, 3.63) is 33.4 Å². The smallest absolute Gasteiger partial charge is 0.313 e. The standard InChI is InChI=1S/C27H30O12/c1-34-22(28)10-7-11(23(29)35-2)17-16(10)18-12(24(30)36-3)8-13(25(31)37-4)20(18)21-15(27(33)39-6)9-14(19(17)21)26(32)38-5/h10-15H,7-9H2,1-6H3/t10-,11+,12-,13+,14-,15+. The van der Waals surface area contributed by atoms with Crippen molar-refractivity contribution >= 4 is 35.8 Å². The molecule has 0 aromatic heterocycles. The van der Waals surface area contributed by atoms with Crippen molar-refractivity contribution in [2.45, 2.75) is 54.8 Å². The maximum Gasteiger partial charge on any atom is 0.313 e. The summed E-state index contributed by atoms with van der Waals surface area (Å²) < 4.78 is 30.3. The number of esters is 6. The number of hydrogen-bond donors (Lipinski definition) is 0. The summed E-state index contributed by atoms with van der Waals surface area (Å²) in [5.41, 5.74) is 1.79. The van der Waals surface area contributed by atoms with Crippen molar-refractivity contribution in [2.75, 3.05) is 42.7 Å². The molecule has 12 heteroatoms. The second-order valence-corrected chi connectivity index (χ2v) is 9.64. The molecule has 3 aliphatic rings. The van der Waals surface area contributed by atoms with Crippen LogP contribution < -0.4 is 0 Å². The number of rotatable bonds is 6. The van der Waals surface area contributed by atoms with Gasteiger partial charge in [0.25, 0.3) is 0 Å². The Morgan fingerprint density at radius 1 is 0.359 bits per heavy atom. The van der Waals surface area contributed by atoms with Crippen molar-refractivity contribution < 1.29 is 57.2 Å². The third-order valence-corrected chi connectivity index (χ3v) is 8.16. The van der Waals surface area contributed by atoms with E-state index in [1.165, 1.54) is 42.7 Å². The lowest BCUT2D eigenvalue weighted by molar-refractivity contribution is -0.146. The number of methoxy groups -OCH3 is 6. The number of ether oxygens (including phenoxy) is 6. The van der Waals surface area contributed by atoms with Gasteiger partial charge in [-0.1, -0.05) is 0 Å². The van der Waals surface area contributed by atoms with E-state index in [0.29, 0.717) is 33.4 Å². The summed E-state index contributed by atoms with van der Waals surface area (Å²) in [6.07, 6.45) is -0.193. The van der Waals surface area contributed by atoms with Crippen LogP contribution in [0.25, 0.3) is 0 Å². The average molecular weight is 547 g/mol. The van der Waals surface area contributed by atoms with Crippen LogP contribution in [-0.4, -0.2) is 78.5 Å². The summed E-state index contributed by atoms with van der Waals surface area (Å²) in [5, 5.41) is 0. The molecule has 3 aliphatic carbocycles. The lowest BCUT2D eigenvalue weighted by atomic mass is 9.79. The minimum atomic E-state index is -1.02. The molecule has 39 heavy (non-hydrogen) atoms. The van der Waals surface area contributed by atoms with Gasteiger partial charge in [0.1, 0.15) is 0 Å². The first-order chi connectivity index (χ1) is 18.6. The third-order valence-electron chi connectivity index (χ3n) is 8.16. The van der Waals surface area contributed by atoms with Crippen LogP contribution in [0.1, 0.15) is 88.2 Å². The molecule has 0 unspecified atom stereocenters. The van der Waals surface area contributed by atoms with Crippen molar-refractivity contribution in [3.63, 3.8) is 0 Å².